The third-order valence-electron chi connectivity index (χ3n) is 4.37. The van der Waals surface area contributed by atoms with E-state index in [1.54, 1.807) is 0 Å². The first kappa shape index (κ1) is 16.1. The Labute approximate surface area is 135 Å². The highest BCUT2D eigenvalue weighted by Crippen LogP contribution is 2.43. The molecule has 0 nitrogen and oxygen atoms in total. The van der Waals surface area contributed by atoms with Crippen LogP contribution in [0.25, 0.3) is 5.57 Å². The van der Waals surface area contributed by atoms with Gasteiger partial charge >= 0.3 is 0 Å². The van der Waals surface area contributed by atoms with Gasteiger partial charge in [0.2, 0.25) is 0 Å². The summed E-state index contributed by atoms with van der Waals surface area (Å²) in [5, 5.41) is 0. The van der Waals surface area contributed by atoms with Crippen molar-refractivity contribution >= 4 is 5.57 Å². The van der Waals surface area contributed by atoms with Crippen LogP contribution in [0.1, 0.15) is 37.3 Å². The van der Waals surface area contributed by atoms with E-state index in [0.717, 1.165) is 17.6 Å². The van der Waals surface area contributed by atoms with Crippen LogP contribution in [0.5, 0.6) is 0 Å². The van der Waals surface area contributed by atoms with Crippen LogP contribution in [-0.2, 0) is 0 Å². The molecule has 0 aliphatic heterocycles. The largest absolute Gasteiger partial charge is 0.115 e. The van der Waals surface area contributed by atoms with Gasteiger partial charge in [0.25, 0.3) is 0 Å². The van der Waals surface area contributed by atoms with Gasteiger partial charge in [-0.3, -0.25) is 0 Å². The first-order valence-corrected chi connectivity index (χ1v) is 7.73. The highest BCUT2D eigenvalue weighted by atomic mass is 14.3. The maximum Gasteiger partial charge on any atom is 0.0239 e. The van der Waals surface area contributed by atoms with Crippen LogP contribution in [0.2, 0.25) is 0 Å². The van der Waals surface area contributed by atoms with Crippen LogP contribution in [0.3, 0.4) is 0 Å². The van der Waals surface area contributed by atoms with E-state index in [-0.39, 0.29) is 0 Å². The van der Waals surface area contributed by atoms with Crippen molar-refractivity contribution in [1.29, 1.82) is 0 Å². The normalized spacial score (nSPS) is 14.8. The van der Waals surface area contributed by atoms with Crippen molar-refractivity contribution in [2.75, 3.05) is 0 Å². The van der Waals surface area contributed by atoms with Crippen molar-refractivity contribution in [2.24, 2.45) is 5.92 Å². The summed E-state index contributed by atoms with van der Waals surface area (Å²) in [5.74, 6) is 3.26. The third kappa shape index (κ3) is 3.68. The molecule has 0 heterocycles. The second-order valence-corrected chi connectivity index (χ2v) is 6.18. The van der Waals surface area contributed by atoms with Gasteiger partial charge in [0.05, 0.1) is 0 Å². The van der Waals surface area contributed by atoms with Crippen molar-refractivity contribution in [3.05, 3.63) is 77.4 Å². The number of rotatable bonds is 6. The highest BCUT2D eigenvalue weighted by Gasteiger charge is 2.28. The molecule has 0 saturated heterocycles. The fourth-order valence-corrected chi connectivity index (χ4v) is 2.72. The molecule has 0 unspecified atom stereocenters. The fourth-order valence-electron chi connectivity index (χ4n) is 2.72. The van der Waals surface area contributed by atoms with E-state index >= 15 is 0 Å². The van der Waals surface area contributed by atoms with Gasteiger partial charge in [0.1, 0.15) is 0 Å². The van der Waals surface area contributed by atoms with Crippen LogP contribution in [0.4, 0.5) is 0 Å². The zero-order valence-electron chi connectivity index (χ0n) is 13.7. The van der Waals surface area contributed by atoms with Crippen molar-refractivity contribution < 1.29 is 0 Å². The number of hydrogen-bond acceptors (Lipinski definition) is 0. The number of hydrogen-bond donors (Lipinski definition) is 0. The Bertz CT molecular complexity index is 700. The molecule has 1 fully saturated rings. The monoisotopic (exact) mass is 288 g/mol. The lowest BCUT2D eigenvalue weighted by Gasteiger charge is -2.16. The molecule has 1 aliphatic rings. The second kappa shape index (κ2) is 6.67. The number of terminal acetylenes is 1. The molecule has 0 radical (unpaired) electrons. The molecule has 1 aromatic rings. The predicted molar refractivity (Wildman–Crippen MR) is 97.4 cm³/mol. The predicted octanol–water partition coefficient (Wildman–Crippen LogP) is 5.87. The summed E-state index contributed by atoms with van der Waals surface area (Å²) in [4.78, 5) is 0. The lowest BCUT2D eigenvalue weighted by Crippen LogP contribution is -1.98. The number of benzene rings is 1. The van der Waals surface area contributed by atoms with Gasteiger partial charge in [-0.1, -0.05) is 61.1 Å². The van der Waals surface area contributed by atoms with Gasteiger partial charge < -0.3 is 0 Å². The van der Waals surface area contributed by atoms with Crippen LogP contribution in [-0.4, -0.2) is 0 Å². The summed E-state index contributed by atoms with van der Waals surface area (Å²) in [6.45, 7) is 16.6. The maximum absolute atomic E-state index is 5.46. The number of allylic oxidation sites excluding steroid dienone is 5. The highest BCUT2D eigenvalue weighted by molar-refractivity contribution is 5.67. The van der Waals surface area contributed by atoms with Gasteiger partial charge in [-0.25, -0.2) is 0 Å². The average molecular weight is 288 g/mol. The van der Waals surface area contributed by atoms with Crippen LogP contribution in [0.15, 0.2) is 66.3 Å². The van der Waals surface area contributed by atoms with E-state index in [2.05, 4.69) is 63.8 Å². The smallest absolute Gasteiger partial charge is 0.0239 e. The molecule has 0 spiro atoms. The summed E-state index contributed by atoms with van der Waals surface area (Å²) in [7, 11) is 0. The van der Waals surface area contributed by atoms with E-state index in [9.17, 15) is 0 Å². The minimum absolute atomic E-state index is 0.656. The lowest BCUT2D eigenvalue weighted by molar-refractivity contribution is 0.935. The molecule has 112 valence electrons. The Morgan fingerprint density at radius 2 is 1.95 bits per heavy atom. The quantitative estimate of drug-likeness (QED) is 0.453. The average Bonchev–Trinajstić information content (AvgIpc) is 3.34. The molecule has 0 atom stereocenters. The summed E-state index contributed by atoms with van der Waals surface area (Å²) in [6.07, 6.45) is 8.85. The molecule has 2 rings (SSSR count). The summed E-state index contributed by atoms with van der Waals surface area (Å²) >= 11 is 0. The first-order chi connectivity index (χ1) is 10.4. The Kier molecular flexibility index (Phi) is 4.88. The maximum atomic E-state index is 5.46. The Morgan fingerprint density at radius 1 is 1.27 bits per heavy atom. The van der Waals surface area contributed by atoms with Crippen molar-refractivity contribution in [2.45, 2.75) is 33.1 Å². The van der Waals surface area contributed by atoms with E-state index < -0.39 is 0 Å². The first-order valence-electron chi connectivity index (χ1n) is 7.73. The van der Waals surface area contributed by atoms with Crippen LogP contribution < -0.4 is 0 Å². The van der Waals surface area contributed by atoms with E-state index in [1.807, 2.05) is 0 Å². The lowest BCUT2D eigenvalue weighted by atomic mass is 9.89. The molecule has 0 heteroatoms. The standard InChI is InChI=1S/C22H24/c1-7-16(3)18(5)19(6)22(20-11-12-20)14-17(4)21-10-8-9-15(2)13-21/h1,8-10,13,20H,3-5,11-12,14H2,2,6H3/b22-19-. The van der Waals surface area contributed by atoms with Gasteiger partial charge in [0, 0.05) is 5.57 Å². The molecule has 0 aromatic heterocycles. The van der Waals surface area contributed by atoms with Gasteiger partial charge in [0.15, 0.2) is 0 Å². The Hall–Kier alpha value is -2.26. The van der Waals surface area contributed by atoms with Gasteiger partial charge in [-0.15, -0.1) is 6.42 Å². The molecule has 0 amide bonds. The van der Waals surface area contributed by atoms with Crippen molar-refractivity contribution in [1.82, 2.24) is 0 Å². The minimum atomic E-state index is 0.656. The summed E-state index contributed by atoms with van der Waals surface area (Å²) in [5.41, 5.74) is 7.82. The zero-order valence-corrected chi connectivity index (χ0v) is 13.7. The molecular formula is C22H24. The second-order valence-electron chi connectivity index (χ2n) is 6.18. The Balaban J connectivity index is 2.26. The van der Waals surface area contributed by atoms with Crippen molar-refractivity contribution in [3.8, 4) is 12.3 Å². The molecule has 1 aliphatic carbocycles. The van der Waals surface area contributed by atoms with Crippen LogP contribution in [0, 0.1) is 25.2 Å². The Morgan fingerprint density at radius 3 is 2.50 bits per heavy atom. The van der Waals surface area contributed by atoms with E-state index in [4.69, 9.17) is 6.42 Å². The molecule has 0 N–H and O–H groups in total. The molecular weight excluding hydrogens is 264 g/mol. The summed E-state index contributed by atoms with van der Waals surface area (Å²) < 4.78 is 0. The molecule has 1 aromatic carbocycles. The fraction of sp³-hybridized carbons (Fsp3) is 0.273. The summed E-state index contributed by atoms with van der Waals surface area (Å²) in [6, 6.07) is 8.52. The van der Waals surface area contributed by atoms with E-state index in [1.165, 1.54) is 35.1 Å². The van der Waals surface area contributed by atoms with E-state index in [0.29, 0.717) is 11.5 Å². The minimum Gasteiger partial charge on any atom is -0.115 e. The molecule has 22 heavy (non-hydrogen) atoms. The zero-order chi connectivity index (χ0) is 16.3. The van der Waals surface area contributed by atoms with Crippen LogP contribution >= 0.6 is 0 Å². The van der Waals surface area contributed by atoms with Gasteiger partial charge in [-0.2, -0.15) is 0 Å². The number of aryl methyl sites for hydroxylation is 1. The van der Waals surface area contributed by atoms with Crippen molar-refractivity contribution in [3.63, 3.8) is 0 Å². The molecule has 1 saturated carbocycles. The third-order valence-corrected chi connectivity index (χ3v) is 4.37. The van der Waals surface area contributed by atoms with Gasteiger partial charge in [-0.05, 0) is 61.3 Å². The molecule has 0 bridgehead atoms. The topological polar surface area (TPSA) is 0 Å². The SMILES string of the molecule is C#CC(=C)C(=C)/C(C)=C(/CC(=C)c1cccc(C)c1)C1CC1.